The average Bonchev–Trinajstić information content (AvgIpc) is 3.32. The number of rotatable bonds is 50. The van der Waals surface area contributed by atoms with Crippen LogP contribution in [0.15, 0.2) is 0 Å². The molecule has 10 N–H and O–H groups in total. The Hall–Kier alpha value is -0.312. The van der Waals surface area contributed by atoms with E-state index in [1.54, 1.807) is 0 Å². The van der Waals surface area contributed by atoms with Gasteiger partial charge in [0.1, 0.15) is 0 Å². The minimum atomic E-state index is 0. The Bertz CT molecular complexity index is 528. The molecule has 0 amide bonds. The zero-order valence-corrected chi connectivity index (χ0v) is 41.3. The molecule has 0 saturated carbocycles. The van der Waals surface area contributed by atoms with Crippen molar-refractivity contribution in [3.8, 4) is 0 Å². The van der Waals surface area contributed by atoms with Crippen LogP contribution < -0.4 is 0 Å². The molecule has 0 aromatic rings. The normalized spacial score (nSPS) is 10.5. The number of hydrogen-bond acceptors (Lipinski definition) is 25. The second-order valence-electron chi connectivity index (χ2n) is 11.4. The Morgan fingerprint density at radius 2 is 0.182 bits per heavy atom. The molecule has 0 rings (SSSR count). The van der Waals surface area contributed by atoms with Crippen LogP contribution in [0.3, 0.4) is 0 Å². The molecule has 0 heterocycles. The van der Waals surface area contributed by atoms with Crippen molar-refractivity contribution in [3.63, 3.8) is 0 Å². The zero-order valence-electron chi connectivity index (χ0n) is 39.3. The van der Waals surface area contributed by atoms with Gasteiger partial charge in [-0.1, -0.05) is 0 Å². The molecule has 0 aliphatic heterocycles. The van der Waals surface area contributed by atoms with Crippen LogP contribution in [-0.4, -0.2) is 315 Å². The maximum Gasteiger partial charge on any atom is 0.0701 e. The SMILES string of the molecule is OCCOCCOCCOCCO.OCCOCCOCCOCCO.OCCOCCOCCOCCO.OCCOCCOCCOCCO.OCCOCCOCCOCCO.[Mo]. The molecule has 406 valence electrons. The Balaban J connectivity index is -0.000000170. The van der Waals surface area contributed by atoms with Gasteiger partial charge in [0.05, 0.1) is 264 Å². The predicted molar refractivity (Wildman–Crippen MR) is 233 cm³/mol. The number of aliphatic hydroxyl groups excluding tert-OH is 10. The van der Waals surface area contributed by atoms with E-state index < -0.39 is 0 Å². The van der Waals surface area contributed by atoms with Gasteiger partial charge in [-0.25, -0.2) is 0 Å². The summed E-state index contributed by atoms with van der Waals surface area (Å²) in [6.45, 7) is 13.8. The molecule has 0 spiro atoms. The van der Waals surface area contributed by atoms with Crippen LogP contribution in [0.2, 0.25) is 0 Å². The Morgan fingerprint density at radius 1 is 0.121 bits per heavy atom. The largest absolute Gasteiger partial charge is 0.394 e. The van der Waals surface area contributed by atoms with E-state index in [2.05, 4.69) is 0 Å². The van der Waals surface area contributed by atoms with Gasteiger partial charge >= 0.3 is 0 Å². The number of aliphatic hydroxyl groups is 10. The molecule has 0 fully saturated rings. The van der Waals surface area contributed by atoms with Crippen LogP contribution in [0.1, 0.15) is 0 Å². The van der Waals surface area contributed by atoms with Gasteiger partial charge in [-0.2, -0.15) is 0 Å². The third kappa shape index (κ3) is 101. The Labute approximate surface area is 406 Å². The van der Waals surface area contributed by atoms with E-state index in [0.29, 0.717) is 198 Å². The summed E-state index contributed by atoms with van der Waals surface area (Å²) in [5, 5.41) is 83.6. The Kier molecular flexibility index (Phi) is 103. The molecule has 0 aliphatic rings. The fraction of sp³-hybridized carbons (Fsp3) is 1.00. The van der Waals surface area contributed by atoms with Crippen molar-refractivity contribution in [3.05, 3.63) is 0 Å². The summed E-state index contributed by atoms with van der Waals surface area (Å²) in [7, 11) is 0. The first kappa shape index (κ1) is 77.2. The van der Waals surface area contributed by atoms with Crippen molar-refractivity contribution in [1.82, 2.24) is 0 Å². The van der Waals surface area contributed by atoms with E-state index in [-0.39, 0.29) is 87.1 Å². The molecular formula is C40H90MoO25. The third-order valence-electron chi connectivity index (χ3n) is 6.08. The molecule has 26 heteroatoms. The third-order valence-corrected chi connectivity index (χ3v) is 6.08. The van der Waals surface area contributed by atoms with Crippen LogP contribution in [0.25, 0.3) is 0 Å². The van der Waals surface area contributed by atoms with Crippen molar-refractivity contribution in [1.29, 1.82) is 0 Å². The van der Waals surface area contributed by atoms with Gasteiger partial charge in [-0.05, 0) is 0 Å². The monoisotopic (exact) mass is 1070 g/mol. The molecule has 0 aliphatic carbocycles. The van der Waals surface area contributed by atoms with E-state index in [0.717, 1.165) is 0 Å². The van der Waals surface area contributed by atoms with Gasteiger partial charge in [0.15, 0.2) is 0 Å². The summed E-state index contributed by atoms with van der Waals surface area (Å²) in [4.78, 5) is 0. The summed E-state index contributed by atoms with van der Waals surface area (Å²) in [5.74, 6) is 0. The standard InChI is InChI=1S/5C8H18O5.Mo/c5*9-1-3-11-5-7-13-8-6-12-4-2-10;/h5*9-10H,1-8H2;. The van der Waals surface area contributed by atoms with E-state index in [1.165, 1.54) is 0 Å². The zero-order chi connectivity index (χ0) is 48.9. The number of hydrogen-bond donors (Lipinski definition) is 10. The van der Waals surface area contributed by atoms with Crippen LogP contribution in [0.4, 0.5) is 0 Å². The van der Waals surface area contributed by atoms with Crippen LogP contribution in [0.5, 0.6) is 0 Å². The first-order valence-electron chi connectivity index (χ1n) is 21.8. The van der Waals surface area contributed by atoms with Gasteiger partial charge in [-0.3, -0.25) is 0 Å². The first-order chi connectivity index (χ1) is 32.1. The summed E-state index contributed by atoms with van der Waals surface area (Å²) in [6.07, 6.45) is 0. The molecular weight excluding hydrogens is 976 g/mol. The van der Waals surface area contributed by atoms with Crippen molar-refractivity contribution < 1.29 is 143 Å². The van der Waals surface area contributed by atoms with Gasteiger partial charge in [0.25, 0.3) is 0 Å². The van der Waals surface area contributed by atoms with Crippen molar-refractivity contribution in [2.24, 2.45) is 0 Å². The fourth-order valence-corrected chi connectivity index (χ4v) is 3.35. The minimum absolute atomic E-state index is 0. The fourth-order valence-electron chi connectivity index (χ4n) is 3.35. The minimum Gasteiger partial charge on any atom is -0.394 e. The maximum atomic E-state index is 8.36. The second-order valence-corrected chi connectivity index (χ2v) is 11.4. The summed E-state index contributed by atoms with van der Waals surface area (Å²) < 4.78 is 75.1. The molecule has 25 nitrogen and oxygen atoms in total. The van der Waals surface area contributed by atoms with Crippen molar-refractivity contribution >= 4 is 0 Å². The smallest absolute Gasteiger partial charge is 0.0701 e. The van der Waals surface area contributed by atoms with E-state index in [1.807, 2.05) is 0 Å². The summed E-state index contributed by atoms with van der Waals surface area (Å²) in [5.41, 5.74) is 0. The van der Waals surface area contributed by atoms with Crippen LogP contribution in [-0.2, 0) is 92.1 Å². The molecule has 0 aromatic carbocycles. The molecule has 66 heavy (non-hydrogen) atoms. The van der Waals surface area contributed by atoms with Gasteiger partial charge in [0, 0.05) is 21.1 Å². The quantitative estimate of drug-likeness (QED) is 0.0202. The average molecular weight is 1070 g/mol. The molecule has 0 atom stereocenters. The van der Waals surface area contributed by atoms with Gasteiger partial charge in [0.2, 0.25) is 0 Å². The molecule has 0 bridgehead atoms. The van der Waals surface area contributed by atoms with Crippen LogP contribution >= 0.6 is 0 Å². The molecule has 0 unspecified atom stereocenters. The van der Waals surface area contributed by atoms with Crippen molar-refractivity contribution in [2.75, 3.05) is 264 Å². The second kappa shape index (κ2) is 87.7. The predicted octanol–water partition coefficient (Wildman–Crippen LogP) is -4.90. The molecule has 0 saturated heterocycles. The van der Waals surface area contributed by atoms with E-state index in [9.17, 15) is 0 Å². The maximum absolute atomic E-state index is 8.36. The topological polar surface area (TPSA) is 341 Å². The first-order valence-corrected chi connectivity index (χ1v) is 21.8. The van der Waals surface area contributed by atoms with Gasteiger partial charge < -0.3 is 122 Å². The summed E-state index contributed by atoms with van der Waals surface area (Å²) in [6, 6.07) is 0. The van der Waals surface area contributed by atoms with Gasteiger partial charge in [-0.15, -0.1) is 0 Å². The summed E-state index contributed by atoms with van der Waals surface area (Å²) >= 11 is 0. The number of ether oxygens (including phenoxy) is 15. The van der Waals surface area contributed by atoms with Crippen LogP contribution in [0, 0.1) is 0 Å². The van der Waals surface area contributed by atoms with E-state index >= 15 is 0 Å². The molecule has 0 radical (unpaired) electrons. The molecule has 0 aromatic heterocycles. The Morgan fingerprint density at radius 3 is 0.242 bits per heavy atom. The van der Waals surface area contributed by atoms with E-state index in [4.69, 9.17) is 122 Å². The van der Waals surface area contributed by atoms with Crippen molar-refractivity contribution in [2.45, 2.75) is 0 Å².